The van der Waals surface area contributed by atoms with E-state index in [2.05, 4.69) is 36.6 Å². The zero-order valence-electron chi connectivity index (χ0n) is 11.8. The van der Waals surface area contributed by atoms with E-state index in [9.17, 15) is 4.79 Å². The van der Waals surface area contributed by atoms with Crippen LogP contribution in [-0.2, 0) is 11.2 Å². The molecule has 2 rings (SSSR count). The van der Waals surface area contributed by atoms with Gasteiger partial charge in [-0.2, -0.15) is 0 Å². The van der Waals surface area contributed by atoms with Crippen LogP contribution in [0.4, 0.5) is 0 Å². The second-order valence-corrected chi connectivity index (χ2v) is 5.09. The number of hydrogen-bond donors (Lipinski definition) is 1. The van der Waals surface area contributed by atoms with Crippen LogP contribution in [0, 0.1) is 27.7 Å². The van der Waals surface area contributed by atoms with E-state index in [1.165, 1.54) is 11.1 Å². The van der Waals surface area contributed by atoms with Gasteiger partial charge in [-0.05, 0) is 56.5 Å². The van der Waals surface area contributed by atoms with E-state index in [1.54, 1.807) is 0 Å². The number of aryl methyl sites for hydroxylation is 3. The Bertz CT molecular complexity index is 638. The van der Waals surface area contributed by atoms with Crippen LogP contribution in [0.2, 0.25) is 0 Å². The zero-order valence-corrected chi connectivity index (χ0v) is 11.8. The summed E-state index contributed by atoms with van der Waals surface area (Å²) in [5, 5.41) is 8.95. The molecule has 2 aromatic rings. The van der Waals surface area contributed by atoms with Crippen molar-refractivity contribution in [1.82, 2.24) is 4.57 Å². The maximum atomic E-state index is 10.9. The number of hydrogen-bond acceptors (Lipinski definition) is 1. The van der Waals surface area contributed by atoms with Crippen LogP contribution in [0.3, 0.4) is 0 Å². The predicted molar refractivity (Wildman–Crippen MR) is 76.1 cm³/mol. The Hall–Kier alpha value is -2.03. The average Bonchev–Trinajstić information content (AvgIpc) is 2.57. The summed E-state index contributed by atoms with van der Waals surface area (Å²) < 4.78 is 2.14. The normalized spacial score (nSPS) is 10.7. The van der Waals surface area contributed by atoms with Crippen molar-refractivity contribution in [3.63, 3.8) is 0 Å². The van der Waals surface area contributed by atoms with Crippen LogP contribution in [0.5, 0.6) is 0 Å². The third kappa shape index (κ3) is 2.55. The minimum absolute atomic E-state index is 0.0739. The molecule has 0 radical (unpaired) electrons. The molecule has 0 saturated heterocycles. The number of aromatic nitrogens is 1. The number of benzene rings is 1. The lowest BCUT2D eigenvalue weighted by Crippen LogP contribution is -2.04. The van der Waals surface area contributed by atoms with Gasteiger partial charge in [0.05, 0.1) is 6.42 Å². The highest BCUT2D eigenvalue weighted by atomic mass is 16.4. The van der Waals surface area contributed by atoms with Crippen molar-refractivity contribution < 1.29 is 9.90 Å². The van der Waals surface area contributed by atoms with Crippen molar-refractivity contribution in [3.8, 4) is 5.69 Å². The average molecular weight is 257 g/mol. The Morgan fingerprint density at radius 3 is 2.47 bits per heavy atom. The van der Waals surface area contributed by atoms with Gasteiger partial charge < -0.3 is 9.67 Å². The third-order valence-electron chi connectivity index (χ3n) is 3.48. The maximum absolute atomic E-state index is 10.9. The SMILES string of the molecule is Cc1ccc(C)c(-n2c(C)cc(CC(=O)O)c2C)c1. The largest absolute Gasteiger partial charge is 0.481 e. The van der Waals surface area contributed by atoms with Crippen molar-refractivity contribution in [3.05, 3.63) is 52.3 Å². The molecule has 0 aliphatic carbocycles. The van der Waals surface area contributed by atoms with Crippen molar-refractivity contribution in [2.75, 3.05) is 0 Å². The molecule has 19 heavy (non-hydrogen) atoms. The minimum atomic E-state index is -0.791. The zero-order chi connectivity index (χ0) is 14.2. The van der Waals surface area contributed by atoms with Crippen LogP contribution in [0.15, 0.2) is 24.3 Å². The highest BCUT2D eigenvalue weighted by molar-refractivity contribution is 5.71. The van der Waals surface area contributed by atoms with Crippen LogP contribution in [0.1, 0.15) is 28.1 Å². The van der Waals surface area contributed by atoms with E-state index < -0.39 is 5.97 Å². The summed E-state index contributed by atoms with van der Waals surface area (Å²) in [6.45, 7) is 8.13. The van der Waals surface area contributed by atoms with Crippen LogP contribution in [0.25, 0.3) is 5.69 Å². The first kappa shape index (κ1) is 13.4. The number of carboxylic acids is 1. The molecule has 0 amide bonds. The molecule has 0 atom stereocenters. The first-order valence-electron chi connectivity index (χ1n) is 6.37. The molecule has 1 N–H and O–H groups in total. The van der Waals surface area contributed by atoms with Crippen LogP contribution in [-0.4, -0.2) is 15.6 Å². The van der Waals surface area contributed by atoms with Gasteiger partial charge in [-0.25, -0.2) is 0 Å². The summed E-state index contributed by atoms with van der Waals surface area (Å²) in [5.41, 5.74) is 6.48. The number of carbonyl (C=O) groups is 1. The van der Waals surface area contributed by atoms with Crippen LogP contribution >= 0.6 is 0 Å². The van der Waals surface area contributed by atoms with Gasteiger partial charge in [0.2, 0.25) is 0 Å². The van der Waals surface area contributed by atoms with Gasteiger partial charge in [0.1, 0.15) is 0 Å². The van der Waals surface area contributed by atoms with Gasteiger partial charge in [0, 0.05) is 17.1 Å². The molecule has 100 valence electrons. The summed E-state index contributed by atoms with van der Waals surface area (Å²) in [6, 6.07) is 8.29. The van der Waals surface area contributed by atoms with Gasteiger partial charge in [-0.1, -0.05) is 12.1 Å². The quantitative estimate of drug-likeness (QED) is 0.916. The fraction of sp³-hybridized carbons (Fsp3) is 0.312. The van der Waals surface area contributed by atoms with E-state index in [0.717, 1.165) is 22.6 Å². The monoisotopic (exact) mass is 257 g/mol. The summed E-state index contributed by atoms with van der Waals surface area (Å²) in [5.74, 6) is -0.791. The molecular weight excluding hydrogens is 238 g/mol. The summed E-state index contributed by atoms with van der Waals surface area (Å²) in [4.78, 5) is 10.9. The van der Waals surface area contributed by atoms with Gasteiger partial charge in [0.25, 0.3) is 0 Å². The Balaban J connectivity index is 2.59. The number of nitrogens with zero attached hydrogens (tertiary/aromatic N) is 1. The molecule has 0 saturated carbocycles. The minimum Gasteiger partial charge on any atom is -0.481 e. The van der Waals surface area contributed by atoms with E-state index in [4.69, 9.17) is 5.11 Å². The maximum Gasteiger partial charge on any atom is 0.307 e. The second-order valence-electron chi connectivity index (χ2n) is 5.09. The molecular formula is C16H19NO2. The summed E-state index contributed by atoms with van der Waals surface area (Å²) >= 11 is 0. The first-order valence-corrected chi connectivity index (χ1v) is 6.37. The van der Waals surface area contributed by atoms with Crippen molar-refractivity contribution in [2.24, 2.45) is 0 Å². The molecule has 0 spiro atoms. The lowest BCUT2D eigenvalue weighted by atomic mass is 10.1. The van der Waals surface area contributed by atoms with E-state index in [0.29, 0.717) is 0 Å². The highest BCUT2D eigenvalue weighted by Gasteiger charge is 2.14. The van der Waals surface area contributed by atoms with Gasteiger partial charge in [0.15, 0.2) is 0 Å². The van der Waals surface area contributed by atoms with E-state index >= 15 is 0 Å². The molecule has 1 aromatic heterocycles. The molecule has 3 nitrogen and oxygen atoms in total. The number of rotatable bonds is 3. The predicted octanol–water partition coefficient (Wildman–Crippen LogP) is 3.34. The molecule has 0 bridgehead atoms. The smallest absolute Gasteiger partial charge is 0.307 e. The Morgan fingerprint density at radius 2 is 1.84 bits per heavy atom. The third-order valence-corrected chi connectivity index (χ3v) is 3.48. The Labute approximate surface area is 113 Å². The fourth-order valence-electron chi connectivity index (χ4n) is 2.50. The number of aliphatic carboxylic acids is 1. The topological polar surface area (TPSA) is 42.2 Å². The fourth-order valence-corrected chi connectivity index (χ4v) is 2.50. The molecule has 1 aromatic carbocycles. The Kier molecular flexibility index (Phi) is 3.47. The van der Waals surface area contributed by atoms with Gasteiger partial charge >= 0.3 is 5.97 Å². The molecule has 1 heterocycles. The molecule has 0 aliphatic heterocycles. The van der Waals surface area contributed by atoms with Gasteiger partial charge in [-0.15, -0.1) is 0 Å². The lowest BCUT2D eigenvalue weighted by Gasteiger charge is -2.13. The second kappa shape index (κ2) is 4.92. The van der Waals surface area contributed by atoms with Gasteiger partial charge in [-0.3, -0.25) is 4.79 Å². The van der Waals surface area contributed by atoms with E-state index in [1.807, 2.05) is 19.9 Å². The van der Waals surface area contributed by atoms with Crippen molar-refractivity contribution in [1.29, 1.82) is 0 Å². The van der Waals surface area contributed by atoms with Crippen molar-refractivity contribution >= 4 is 5.97 Å². The van der Waals surface area contributed by atoms with E-state index in [-0.39, 0.29) is 6.42 Å². The standard InChI is InChI=1S/C16H19NO2/c1-10-5-6-11(2)15(7-10)17-12(3)8-14(13(17)4)9-16(18)19/h5-8H,9H2,1-4H3,(H,18,19). The Morgan fingerprint density at radius 1 is 1.16 bits per heavy atom. The summed E-state index contributed by atoms with van der Waals surface area (Å²) in [7, 11) is 0. The lowest BCUT2D eigenvalue weighted by molar-refractivity contribution is -0.136. The first-order chi connectivity index (χ1) is 8.90. The molecule has 3 heteroatoms. The highest BCUT2D eigenvalue weighted by Crippen LogP contribution is 2.24. The van der Waals surface area contributed by atoms with Crippen molar-refractivity contribution in [2.45, 2.75) is 34.1 Å². The molecule has 0 aliphatic rings. The summed E-state index contributed by atoms with van der Waals surface area (Å²) in [6.07, 6.45) is 0.0739. The van der Waals surface area contributed by atoms with Crippen LogP contribution < -0.4 is 0 Å². The number of carboxylic acid groups (broad SMARTS) is 1. The molecule has 0 fully saturated rings. The molecule has 0 unspecified atom stereocenters.